The molecule has 0 aliphatic heterocycles. The number of pyridine rings is 1. The van der Waals surface area contributed by atoms with E-state index >= 15 is 4.39 Å². The fraction of sp³-hybridized carbons (Fsp3) is 0.348. The van der Waals surface area contributed by atoms with E-state index in [0.29, 0.717) is 51.9 Å². The van der Waals surface area contributed by atoms with Crippen LogP contribution in [-0.4, -0.2) is 42.9 Å². The van der Waals surface area contributed by atoms with Crippen molar-refractivity contribution in [2.45, 2.75) is 43.9 Å². The second-order valence-corrected chi connectivity index (χ2v) is 9.21. The van der Waals surface area contributed by atoms with Crippen LogP contribution in [0.3, 0.4) is 0 Å². The Bertz CT molecular complexity index is 1420. The maximum atomic E-state index is 15.6. The minimum absolute atomic E-state index is 0.0336. The normalized spacial score (nSPS) is 24.6. The average Bonchev–Trinajstić information content (AvgIpc) is 3.16. The predicted octanol–water partition coefficient (Wildman–Crippen LogP) is 4.60. The zero-order chi connectivity index (χ0) is 22.9. The van der Waals surface area contributed by atoms with E-state index in [4.69, 9.17) is 11.6 Å². The number of nitrogens with zero attached hydrogens (tertiary/aromatic N) is 3. The molecule has 3 heterocycles. The van der Waals surface area contributed by atoms with E-state index in [1.165, 1.54) is 0 Å². The first kappa shape index (κ1) is 20.6. The Labute approximate surface area is 191 Å². The molecule has 3 aromatic heterocycles. The molecule has 2 fully saturated rings. The summed E-state index contributed by atoms with van der Waals surface area (Å²) < 4.78 is 30.4. The van der Waals surface area contributed by atoms with Crippen LogP contribution < -0.4 is 5.32 Å². The first-order valence-corrected chi connectivity index (χ1v) is 11.3. The van der Waals surface area contributed by atoms with Gasteiger partial charge in [0.25, 0.3) is 0 Å². The van der Waals surface area contributed by atoms with E-state index in [0.717, 1.165) is 6.42 Å². The largest absolute Gasteiger partial charge is 0.392 e. The van der Waals surface area contributed by atoms with Crippen molar-refractivity contribution in [3.63, 3.8) is 0 Å². The van der Waals surface area contributed by atoms with Gasteiger partial charge in [-0.15, -0.1) is 0 Å². The van der Waals surface area contributed by atoms with Gasteiger partial charge in [-0.3, -0.25) is 9.89 Å². The molecular weight excluding hydrogens is 452 g/mol. The number of anilines is 1. The number of rotatable bonds is 4. The molecule has 2 unspecified atom stereocenters. The molecule has 6 rings (SSSR count). The van der Waals surface area contributed by atoms with Crippen LogP contribution >= 0.6 is 11.6 Å². The molecule has 4 atom stereocenters. The number of aliphatic hydroxyl groups is 1. The van der Waals surface area contributed by atoms with Gasteiger partial charge in [0.1, 0.15) is 17.6 Å². The van der Waals surface area contributed by atoms with Gasteiger partial charge in [0.2, 0.25) is 5.91 Å². The molecule has 7 nitrogen and oxygen atoms in total. The highest BCUT2D eigenvalue weighted by Crippen LogP contribution is 2.45. The molecular formula is C23H20ClF2N5O2. The second-order valence-electron chi connectivity index (χ2n) is 8.84. The highest BCUT2D eigenvalue weighted by Gasteiger charge is 2.43. The highest BCUT2D eigenvalue weighted by atomic mass is 35.5. The van der Waals surface area contributed by atoms with Crippen LogP contribution in [0.5, 0.6) is 0 Å². The quantitative estimate of drug-likeness (QED) is 0.405. The zero-order valence-electron chi connectivity index (χ0n) is 17.4. The lowest BCUT2D eigenvalue weighted by Gasteiger charge is -2.19. The standard InChI is InChI=1S/C23H20ClF2N5O2/c24-20-18(13-7-27-30-22(13)19(21(20)26)11-2-1-3-15(11)32)10-4-5-17-28-16(9-31(17)8-10)29-23(33)12-6-14(12)25/h4-5,7-9,11-12,14-15,32H,1-3,6H2,(H,27,30)(H,29,33)/t11?,12-,14+,15?/m1/s1. The second kappa shape index (κ2) is 7.50. The monoisotopic (exact) mass is 471 g/mol. The van der Waals surface area contributed by atoms with Crippen LogP contribution in [0.1, 0.15) is 37.2 Å². The summed E-state index contributed by atoms with van der Waals surface area (Å²) in [4.78, 5) is 16.4. The molecule has 33 heavy (non-hydrogen) atoms. The van der Waals surface area contributed by atoms with Gasteiger partial charge in [0.05, 0.1) is 35.0 Å². The number of nitrogens with one attached hydrogen (secondary N) is 2. The van der Waals surface area contributed by atoms with Crippen LogP contribution in [0, 0.1) is 11.7 Å². The van der Waals surface area contributed by atoms with E-state index in [1.807, 2.05) is 0 Å². The highest BCUT2D eigenvalue weighted by molar-refractivity contribution is 6.35. The maximum absolute atomic E-state index is 15.6. The molecule has 10 heteroatoms. The summed E-state index contributed by atoms with van der Waals surface area (Å²) in [6, 6.07) is 3.50. The van der Waals surface area contributed by atoms with Gasteiger partial charge >= 0.3 is 0 Å². The summed E-state index contributed by atoms with van der Waals surface area (Å²) in [7, 11) is 0. The number of aliphatic hydroxyl groups excluding tert-OH is 1. The zero-order valence-corrected chi connectivity index (χ0v) is 18.1. The van der Waals surface area contributed by atoms with Crippen LogP contribution in [0.2, 0.25) is 5.02 Å². The lowest BCUT2D eigenvalue weighted by atomic mass is 9.90. The third-order valence-electron chi connectivity index (χ3n) is 6.72. The number of hydrogen-bond acceptors (Lipinski definition) is 4. The number of alkyl halides is 1. The molecule has 2 saturated carbocycles. The van der Waals surface area contributed by atoms with E-state index in [1.54, 1.807) is 35.1 Å². The molecule has 0 saturated heterocycles. The Kier molecular flexibility index (Phi) is 4.67. The third kappa shape index (κ3) is 3.29. The lowest BCUT2D eigenvalue weighted by Crippen LogP contribution is -2.15. The Hall–Kier alpha value is -3.04. The number of benzene rings is 1. The summed E-state index contributed by atoms with van der Waals surface area (Å²) in [6.07, 6.45) is 5.63. The van der Waals surface area contributed by atoms with Crippen molar-refractivity contribution in [3.05, 3.63) is 47.1 Å². The molecule has 2 aliphatic rings. The molecule has 4 aromatic rings. The van der Waals surface area contributed by atoms with E-state index in [-0.39, 0.29) is 23.3 Å². The Morgan fingerprint density at radius 1 is 1.30 bits per heavy atom. The topological polar surface area (TPSA) is 95.3 Å². The fourth-order valence-electron chi connectivity index (χ4n) is 4.90. The summed E-state index contributed by atoms with van der Waals surface area (Å²) in [5.74, 6) is -1.58. The van der Waals surface area contributed by atoms with Crippen molar-refractivity contribution in [3.8, 4) is 11.1 Å². The molecule has 3 N–H and O–H groups in total. The molecule has 0 spiro atoms. The van der Waals surface area contributed by atoms with Crippen LogP contribution in [0.15, 0.2) is 30.7 Å². The maximum Gasteiger partial charge on any atom is 0.231 e. The van der Waals surface area contributed by atoms with Gasteiger partial charge < -0.3 is 14.8 Å². The number of fused-ring (bicyclic) bond motifs is 2. The number of carbonyl (C=O) groups is 1. The predicted molar refractivity (Wildman–Crippen MR) is 119 cm³/mol. The summed E-state index contributed by atoms with van der Waals surface area (Å²) in [5, 5.41) is 20.6. The number of aromatic nitrogens is 4. The van der Waals surface area contributed by atoms with Crippen molar-refractivity contribution in [2.75, 3.05) is 5.32 Å². The van der Waals surface area contributed by atoms with E-state index in [2.05, 4.69) is 20.5 Å². The van der Waals surface area contributed by atoms with E-state index in [9.17, 15) is 14.3 Å². The third-order valence-corrected chi connectivity index (χ3v) is 7.07. The van der Waals surface area contributed by atoms with Crippen LogP contribution in [0.25, 0.3) is 27.7 Å². The summed E-state index contributed by atoms with van der Waals surface area (Å²) >= 11 is 6.56. The molecule has 1 aromatic carbocycles. The van der Waals surface area contributed by atoms with E-state index < -0.39 is 24.0 Å². The fourth-order valence-corrected chi connectivity index (χ4v) is 5.21. The number of carbonyl (C=O) groups excluding carboxylic acids is 1. The van der Waals surface area contributed by atoms with Gasteiger partial charge in [-0.05, 0) is 31.4 Å². The number of aromatic amines is 1. The molecule has 1 amide bonds. The number of imidazole rings is 1. The first-order chi connectivity index (χ1) is 15.9. The van der Waals surface area contributed by atoms with Crippen molar-refractivity contribution < 1.29 is 18.7 Å². The van der Waals surface area contributed by atoms with Crippen LogP contribution in [-0.2, 0) is 4.79 Å². The SMILES string of the molecule is O=C(Nc1cn2cc(-c3c(Cl)c(F)c(C4CCCC4O)c4[nH]ncc34)ccc2n1)[C@@H]1C[C@@H]1F. The Balaban J connectivity index is 1.43. The Morgan fingerprint density at radius 2 is 2.12 bits per heavy atom. The van der Waals surface area contributed by atoms with Crippen LogP contribution in [0.4, 0.5) is 14.6 Å². The number of amides is 1. The molecule has 170 valence electrons. The number of hydrogen-bond donors (Lipinski definition) is 3. The number of H-pyrrole nitrogens is 1. The van der Waals surface area contributed by atoms with Gasteiger partial charge in [0, 0.05) is 34.2 Å². The summed E-state index contributed by atoms with van der Waals surface area (Å²) in [5.41, 5.74) is 2.58. The molecule has 0 radical (unpaired) electrons. The van der Waals surface area contributed by atoms with Gasteiger partial charge in [0.15, 0.2) is 5.82 Å². The van der Waals surface area contributed by atoms with Crippen molar-refractivity contribution >= 4 is 39.9 Å². The summed E-state index contributed by atoms with van der Waals surface area (Å²) in [6.45, 7) is 0. The average molecular weight is 472 g/mol. The number of halogens is 3. The van der Waals surface area contributed by atoms with Crippen molar-refractivity contribution in [1.29, 1.82) is 0 Å². The molecule has 0 bridgehead atoms. The smallest absolute Gasteiger partial charge is 0.231 e. The molecule has 2 aliphatic carbocycles. The van der Waals surface area contributed by atoms with Gasteiger partial charge in [-0.25, -0.2) is 13.8 Å². The Morgan fingerprint density at radius 3 is 2.85 bits per heavy atom. The van der Waals surface area contributed by atoms with Gasteiger partial charge in [-0.2, -0.15) is 5.10 Å². The minimum Gasteiger partial charge on any atom is -0.392 e. The van der Waals surface area contributed by atoms with Crippen molar-refractivity contribution in [2.24, 2.45) is 5.92 Å². The van der Waals surface area contributed by atoms with Crippen molar-refractivity contribution in [1.82, 2.24) is 19.6 Å². The lowest BCUT2D eigenvalue weighted by molar-refractivity contribution is -0.117. The van der Waals surface area contributed by atoms with Gasteiger partial charge in [-0.1, -0.05) is 18.0 Å². The minimum atomic E-state index is -1.09. The first-order valence-electron chi connectivity index (χ1n) is 10.9.